The van der Waals surface area contributed by atoms with Crippen LogP contribution in [-0.4, -0.2) is 17.2 Å². The Kier molecular flexibility index (Phi) is 3.32. The van der Waals surface area contributed by atoms with Gasteiger partial charge in [-0.15, -0.1) is 0 Å². The number of carbonyl (C=O) groups excluding carboxylic acids is 1. The van der Waals surface area contributed by atoms with Gasteiger partial charge in [-0.2, -0.15) is 4.99 Å². The zero-order chi connectivity index (χ0) is 10.7. The fourth-order valence-electron chi connectivity index (χ4n) is 0.867. The van der Waals surface area contributed by atoms with Crippen molar-refractivity contribution >= 4 is 40.3 Å². The van der Waals surface area contributed by atoms with Crippen molar-refractivity contribution in [1.29, 1.82) is 0 Å². The van der Waals surface area contributed by atoms with Gasteiger partial charge in [0.1, 0.15) is 5.69 Å². The number of halogens is 2. The van der Waals surface area contributed by atoms with Crippen molar-refractivity contribution in [3.8, 4) is 0 Å². The number of aliphatic imine (C=N–C) groups is 1. The second kappa shape index (κ2) is 4.30. The molecule has 1 aromatic rings. The van der Waals surface area contributed by atoms with Crippen molar-refractivity contribution in [2.75, 3.05) is 0 Å². The van der Waals surface area contributed by atoms with Gasteiger partial charge >= 0.3 is 5.97 Å². The van der Waals surface area contributed by atoms with E-state index in [0.717, 1.165) is 6.08 Å². The molecule has 0 saturated heterocycles. The molecule has 1 rings (SSSR count). The molecule has 4 nitrogen and oxygen atoms in total. The van der Waals surface area contributed by atoms with Crippen molar-refractivity contribution in [3.63, 3.8) is 0 Å². The lowest BCUT2D eigenvalue weighted by Crippen LogP contribution is -1.99. The first-order valence-corrected chi connectivity index (χ1v) is 4.45. The summed E-state index contributed by atoms with van der Waals surface area (Å²) in [6.07, 6.45) is 1.12. The van der Waals surface area contributed by atoms with Gasteiger partial charge in [0, 0.05) is 0 Å². The molecule has 14 heavy (non-hydrogen) atoms. The third-order valence-corrected chi connectivity index (χ3v) is 2.29. The number of carboxylic acids is 1. The predicted molar refractivity (Wildman–Crippen MR) is 53.9 cm³/mol. The minimum atomic E-state index is -1.34. The minimum absolute atomic E-state index is 0.196. The number of isocyanates is 1. The SMILES string of the molecule is O=C=Nc1c(C(=O)O)ccc(I)c1F. The summed E-state index contributed by atoms with van der Waals surface area (Å²) in [6.45, 7) is 0. The molecule has 72 valence electrons. The number of carboxylic acid groups (broad SMARTS) is 1. The van der Waals surface area contributed by atoms with E-state index in [9.17, 15) is 14.0 Å². The number of aromatic carboxylic acids is 1. The molecule has 0 aliphatic carbocycles. The van der Waals surface area contributed by atoms with E-state index in [4.69, 9.17) is 5.11 Å². The summed E-state index contributed by atoms with van der Waals surface area (Å²) in [5.74, 6) is -2.16. The van der Waals surface area contributed by atoms with Gasteiger partial charge in [0.05, 0.1) is 9.13 Å². The predicted octanol–water partition coefficient (Wildman–Crippen LogP) is 2.10. The Hall–Kier alpha value is -1.27. The van der Waals surface area contributed by atoms with Crippen molar-refractivity contribution < 1.29 is 19.1 Å². The molecule has 6 heteroatoms. The van der Waals surface area contributed by atoms with Gasteiger partial charge in [-0.25, -0.2) is 14.0 Å². The van der Waals surface area contributed by atoms with Gasteiger partial charge in [0.15, 0.2) is 5.82 Å². The summed E-state index contributed by atoms with van der Waals surface area (Å²) in [5, 5.41) is 8.65. The molecular formula is C8H3FINO3. The second-order valence-corrected chi connectivity index (χ2v) is 3.43. The van der Waals surface area contributed by atoms with Crippen molar-refractivity contribution in [3.05, 3.63) is 27.1 Å². The molecule has 0 aromatic heterocycles. The summed E-state index contributed by atoms with van der Waals surface area (Å²) in [5.41, 5.74) is -0.842. The summed E-state index contributed by atoms with van der Waals surface area (Å²) < 4.78 is 13.5. The maximum Gasteiger partial charge on any atom is 0.338 e. The summed E-state index contributed by atoms with van der Waals surface area (Å²) in [4.78, 5) is 23.6. The number of benzene rings is 1. The molecule has 0 aliphatic heterocycles. The Bertz CT molecular complexity index is 440. The number of rotatable bonds is 2. The third kappa shape index (κ3) is 1.97. The second-order valence-electron chi connectivity index (χ2n) is 2.27. The summed E-state index contributed by atoms with van der Waals surface area (Å²) in [7, 11) is 0. The van der Waals surface area contributed by atoms with Crippen LogP contribution in [0.5, 0.6) is 0 Å². The molecule has 0 spiro atoms. The lowest BCUT2D eigenvalue weighted by Gasteiger charge is -2.01. The maximum atomic E-state index is 13.3. The Balaban J connectivity index is 3.52. The number of carbonyl (C=O) groups is 1. The molecule has 0 atom stereocenters. The first-order valence-electron chi connectivity index (χ1n) is 3.37. The van der Waals surface area contributed by atoms with Crippen LogP contribution in [0.25, 0.3) is 0 Å². The number of nitrogens with zero attached hydrogens (tertiary/aromatic N) is 1. The van der Waals surface area contributed by atoms with Crippen molar-refractivity contribution in [1.82, 2.24) is 0 Å². The fraction of sp³-hybridized carbons (Fsp3) is 0. The molecule has 0 saturated carbocycles. The van der Waals surface area contributed by atoms with E-state index in [1.54, 1.807) is 22.6 Å². The normalized spacial score (nSPS) is 9.29. The van der Waals surface area contributed by atoms with Crippen LogP contribution in [0.1, 0.15) is 10.4 Å². The zero-order valence-electron chi connectivity index (χ0n) is 6.62. The molecule has 0 aliphatic rings. The smallest absolute Gasteiger partial charge is 0.338 e. The highest BCUT2D eigenvalue weighted by Gasteiger charge is 2.16. The van der Waals surface area contributed by atoms with Crippen LogP contribution in [0, 0.1) is 9.39 Å². The van der Waals surface area contributed by atoms with Gasteiger partial charge in [-0.1, -0.05) is 0 Å². The van der Waals surface area contributed by atoms with Gasteiger partial charge in [0.2, 0.25) is 6.08 Å². The Morgan fingerprint density at radius 2 is 2.21 bits per heavy atom. The van der Waals surface area contributed by atoms with Crippen LogP contribution in [0.2, 0.25) is 0 Å². The lowest BCUT2D eigenvalue weighted by molar-refractivity contribution is 0.0697. The molecule has 0 amide bonds. The van der Waals surface area contributed by atoms with E-state index in [1.165, 1.54) is 12.1 Å². The van der Waals surface area contributed by atoms with Crippen molar-refractivity contribution in [2.45, 2.75) is 0 Å². The zero-order valence-corrected chi connectivity index (χ0v) is 8.78. The summed E-state index contributed by atoms with van der Waals surface area (Å²) in [6, 6.07) is 2.48. The lowest BCUT2D eigenvalue weighted by atomic mass is 10.2. The van der Waals surface area contributed by atoms with E-state index in [-0.39, 0.29) is 9.13 Å². The molecule has 1 aromatic carbocycles. The minimum Gasteiger partial charge on any atom is -0.478 e. The molecular weight excluding hydrogens is 304 g/mol. The van der Waals surface area contributed by atoms with E-state index >= 15 is 0 Å². The van der Waals surface area contributed by atoms with E-state index < -0.39 is 17.5 Å². The Labute approximate surface area is 91.6 Å². The van der Waals surface area contributed by atoms with Crippen LogP contribution >= 0.6 is 22.6 Å². The first kappa shape index (κ1) is 10.8. The van der Waals surface area contributed by atoms with E-state index in [1.807, 2.05) is 0 Å². The molecule has 1 N–H and O–H groups in total. The van der Waals surface area contributed by atoms with Crippen LogP contribution in [-0.2, 0) is 4.79 Å². The molecule has 0 fully saturated rings. The summed E-state index contributed by atoms with van der Waals surface area (Å²) >= 11 is 1.67. The van der Waals surface area contributed by atoms with Gasteiger partial charge in [-0.3, -0.25) is 0 Å². The Morgan fingerprint density at radius 1 is 1.57 bits per heavy atom. The van der Waals surface area contributed by atoms with Gasteiger partial charge in [0.25, 0.3) is 0 Å². The standard InChI is InChI=1S/C8H3FINO3/c9-6-5(10)2-1-4(8(13)14)7(6)11-3-12/h1-2H,(H,13,14). The highest BCUT2D eigenvalue weighted by Crippen LogP contribution is 2.26. The monoisotopic (exact) mass is 307 g/mol. The van der Waals surface area contributed by atoms with Crippen LogP contribution in [0.4, 0.5) is 10.1 Å². The quantitative estimate of drug-likeness (QED) is 0.517. The molecule has 0 bridgehead atoms. The highest BCUT2D eigenvalue weighted by atomic mass is 127. The average Bonchev–Trinajstić information content (AvgIpc) is 2.13. The van der Waals surface area contributed by atoms with Crippen LogP contribution < -0.4 is 0 Å². The largest absolute Gasteiger partial charge is 0.478 e. The van der Waals surface area contributed by atoms with Crippen molar-refractivity contribution in [2.24, 2.45) is 4.99 Å². The average molecular weight is 307 g/mol. The molecule has 0 unspecified atom stereocenters. The van der Waals surface area contributed by atoms with Gasteiger partial charge < -0.3 is 5.11 Å². The third-order valence-electron chi connectivity index (χ3n) is 1.46. The highest BCUT2D eigenvalue weighted by molar-refractivity contribution is 14.1. The molecule has 0 heterocycles. The maximum absolute atomic E-state index is 13.3. The molecule has 0 radical (unpaired) electrons. The van der Waals surface area contributed by atoms with Crippen LogP contribution in [0.3, 0.4) is 0 Å². The first-order chi connectivity index (χ1) is 6.57. The van der Waals surface area contributed by atoms with E-state index in [2.05, 4.69) is 4.99 Å². The van der Waals surface area contributed by atoms with Gasteiger partial charge in [-0.05, 0) is 34.7 Å². The number of hydrogen-bond acceptors (Lipinski definition) is 3. The topological polar surface area (TPSA) is 66.7 Å². The number of hydrogen-bond donors (Lipinski definition) is 1. The fourth-order valence-corrected chi connectivity index (χ4v) is 1.30. The Morgan fingerprint density at radius 3 is 2.71 bits per heavy atom. The van der Waals surface area contributed by atoms with E-state index in [0.29, 0.717) is 0 Å². The van der Waals surface area contributed by atoms with Crippen LogP contribution in [0.15, 0.2) is 17.1 Å².